The molecular weight excluding hydrogens is 1060 g/mol. The lowest BCUT2D eigenvalue weighted by molar-refractivity contribution is 0.573. The van der Waals surface area contributed by atoms with E-state index in [0.29, 0.717) is 0 Å². The highest BCUT2D eigenvalue weighted by Crippen LogP contribution is 2.55. The van der Waals surface area contributed by atoms with Crippen molar-refractivity contribution in [2.24, 2.45) is 0 Å². The van der Waals surface area contributed by atoms with Crippen LogP contribution in [0.15, 0.2) is 29.4 Å². The minimum Gasteiger partial charge on any atom is -0.124 e. The standard InChI is InChI=1S/C72H138S6/c1-7-13-19-25-31-37-43-49-55-61-73-67-68(74-62-56-50-44-38-32-26-20-14-8-2)70(76-64-58-52-46-40-34-28-22-16-10-4)72(78-66-60-54-48-42-36-30-24-18-12-6)71(77-65-59-53-47-41-35-29-23-17-11-5)69(67)75-63-57-51-45-39-33-27-21-15-9-3/h7-66H2,1-6H3. The second-order valence-electron chi connectivity index (χ2n) is 24.0. The van der Waals surface area contributed by atoms with Crippen LogP contribution in [-0.2, 0) is 0 Å². The SMILES string of the molecule is CCCCCCCCCCCSc1c(SCCCCCCCCCCC)c(SCCCCCCCCCCC)c(SCCCCCCCCCCC)c(SCCCCCCCCCCC)c1SCCCCCCCCCCC. The Kier molecular flexibility index (Phi) is 63.8. The molecule has 0 aliphatic rings. The fourth-order valence-corrected chi connectivity index (χ4v) is 19.5. The van der Waals surface area contributed by atoms with Crippen LogP contribution >= 0.6 is 70.6 Å². The van der Waals surface area contributed by atoms with Gasteiger partial charge < -0.3 is 0 Å². The molecule has 0 bridgehead atoms. The van der Waals surface area contributed by atoms with Crippen molar-refractivity contribution in [3.8, 4) is 0 Å². The van der Waals surface area contributed by atoms with E-state index in [0.717, 1.165) is 0 Å². The van der Waals surface area contributed by atoms with Crippen molar-refractivity contribution < 1.29 is 0 Å². The molecule has 462 valence electrons. The Morgan fingerprint density at radius 3 is 0.321 bits per heavy atom. The molecule has 0 aliphatic heterocycles. The summed E-state index contributed by atoms with van der Waals surface area (Å²) in [4.78, 5) is 10.5. The smallest absolute Gasteiger partial charge is 0.0368 e. The summed E-state index contributed by atoms with van der Waals surface area (Å²) < 4.78 is 0. The molecule has 0 saturated heterocycles. The van der Waals surface area contributed by atoms with E-state index in [9.17, 15) is 0 Å². The molecule has 0 aromatic heterocycles. The lowest BCUT2D eigenvalue weighted by atomic mass is 10.1. The van der Waals surface area contributed by atoms with Gasteiger partial charge in [0.2, 0.25) is 0 Å². The fraction of sp³-hybridized carbons (Fsp3) is 0.917. The van der Waals surface area contributed by atoms with Gasteiger partial charge in [-0.1, -0.05) is 350 Å². The third-order valence-corrected chi connectivity index (χ3v) is 24.1. The number of benzene rings is 1. The second kappa shape index (κ2) is 64.3. The van der Waals surface area contributed by atoms with Crippen LogP contribution in [0.25, 0.3) is 0 Å². The molecule has 1 rings (SSSR count). The van der Waals surface area contributed by atoms with Gasteiger partial charge in [-0.2, -0.15) is 0 Å². The zero-order chi connectivity index (χ0) is 56.1. The van der Waals surface area contributed by atoms with Crippen molar-refractivity contribution in [1.82, 2.24) is 0 Å². The van der Waals surface area contributed by atoms with Crippen molar-refractivity contribution in [2.45, 2.75) is 418 Å². The van der Waals surface area contributed by atoms with Gasteiger partial charge in [0.25, 0.3) is 0 Å². The Morgan fingerprint density at radius 1 is 0.128 bits per heavy atom. The molecule has 0 atom stereocenters. The monoisotopic (exact) mass is 1190 g/mol. The van der Waals surface area contributed by atoms with Crippen LogP contribution in [0.4, 0.5) is 0 Å². The molecule has 0 heterocycles. The van der Waals surface area contributed by atoms with Gasteiger partial charge in [0.15, 0.2) is 0 Å². The Morgan fingerprint density at radius 2 is 0.218 bits per heavy atom. The van der Waals surface area contributed by atoms with Crippen LogP contribution < -0.4 is 0 Å². The number of thioether (sulfide) groups is 6. The molecule has 0 nitrogen and oxygen atoms in total. The molecular formula is C72H138S6. The largest absolute Gasteiger partial charge is 0.124 e. The topological polar surface area (TPSA) is 0 Å². The summed E-state index contributed by atoms with van der Waals surface area (Å²) in [7, 11) is 0. The molecule has 0 radical (unpaired) electrons. The van der Waals surface area contributed by atoms with Crippen LogP contribution in [0.1, 0.15) is 388 Å². The van der Waals surface area contributed by atoms with E-state index in [1.54, 1.807) is 29.4 Å². The lowest BCUT2D eigenvalue weighted by Gasteiger charge is -2.25. The highest BCUT2D eigenvalue weighted by atomic mass is 32.2. The van der Waals surface area contributed by atoms with Crippen molar-refractivity contribution in [3.63, 3.8) is 0 Å². The predicted octanol–water partition coefficient (Wildman–Crippen LogP) is 29.4. The van der Waals surface area contributed by atoms with Gasteiger partial charge >= 0.3 is 0 Å². The molecule has 6 heteroatoms. The average Bonchev–Trinajstić information content (AvgIpc) is 3.47. The van der Waals surface area contributed by atoms with E-state index in [4.69, 9.17) is 0 Å². The Hall–Kier alpha value is 1.32. The zero-order valence-electron chi connectivity index (χ0n) is 53.9. The molecule has 0 amide bonds. The summed E-state index contributed by atoms with van der Waals surface area (Å²) in [5, 5.41) is 0. The summed E-state index contributed by atoms with van der Waals surface area (Å²) in [5.41, 5.74) is 0. The first kappa shape index (κ1) is 77.3. The molecule has 0 N–H and O–H groups in total. The Balaban J connectivity index is 3.71. The van der Waals surface area contributed by atoms with Crippen molar-refractivity contribution in [1.29, 1.82) is 0 Å². The predicted molar refractivity (Wildman–Crippen MR) is 374 cm³/mol. The second-order valence-corrected chi connectivity index (χ2v) is 30.7. The zero-order valence-corrected chi connectivity index (χ0v) is 58.8. The number of hydrogen-bond acceptors (Lipinski definition) is 6. The first-order valence-corrected chi connectivity index (χ1v) is 41.6. The number of hydrogen-bond donors (Lipinski definition) is 0. The van der Waals surface area contributed by atoms with Gasteiger partial charge in [-0.05, 0) is 73.0 Å². The fourth-order valence-electron chi connectivity index (χ4n) is 10.9. The van der Waals surface area contributed by atoms with Gasteiger partial charge in [-0.3, -0.25) is 0 Å². The lowest BCUT2D eigenvalue weighted by Crippen LogP contribution is -2.01. The third kappa shape index (κ3) is 47.6. The summed E-state index contributed by atoms with van der Waals surface area (Å²) >= 11 is 14.0. The Labute approximate surface area is 518 Å². The molecule has 1 aromatic carbocycles. The van der Waals surface area contributed by atoms with Crippen molar-refractivity contribution >= 4 is 70.6 Å². The minimum absolute atomic E-state index is 1.29. The van der Waals surface area contributed by atoms with Crippen LogP contribution in [0, 0.1) is 0 Å². The van der Waals surface area contributed by atoms with Crippen LogP contribution in [0.3, 0.4) is 0 Å². The highest BCUT2D eigenvalue weighted by Gasteiger charge is 2.26. The summed E-state index contributed by atoms with van der Waals surface area (Å²) in [6.07, 6.45) is 76.7. The van der Waals surface area contributed by atoms with Gasteiger partial charge in [0.1, 0.15) is 0 Å². The summed E-state index contributed by atoms with van der Waals surface area (Å²) in [6, 6.07) is 0. The highest BCUT2D eigenvalue weighted by molar-refractivity contribution is 8.06. The molecule has 78 heavy (non-hydrogen) atoms. The molecule has 0 aliphatic carbocycles. The normalized spacial score (nSPS) is 11.8. The first-order chi connectivity index (χ1) is 38.7. The van der Waals surface area contributed by atoms with Gasteiger partial charge in [0.05, 0.1) is 0 Å². The third-order valence-electron chi connectivity index (χ3n) is 16.2. The molecule has 1 aromatic rings. The molecule has 0 saturated carbocycles. The van der Waals surface area contributed by atoms with E-state index >= 15 is 0 Å². The maximum Gasteiger partial charge on any atom is 0.0368 e. The summed E-state index contributed by atoms with van der Waals surface area (Å²) in [6.45, 7) is 14.1. The number of unbranched alkanes of at least 4 members (excludes halogenated alkanes) is 48. The maximum absolute atomic E-state index is 2.35. The number of rotatable bonds is 66. The van der Waals surface area contributed by atoms with E-state index in [1.165, 1.54) is 381 Å². The first-order valence-electron chi connectivity index (χ1n) is 35.7. The molecule has 0 spiro atoms. The van der Waals surface area contributed by atoms with Gasteiger partial charge in [-0.25, -0.2) is 0 Å². The minimum atomic E-state index is 1.29. The quantitative estimate of drug-likeness (QED) is 0.0468. The average molecular weight is 1200 g/mol. The molecule has 0 unspecified atom stereocenters. The van der Waals surface area contributed by atoms with Crippen LogP contribution in [0.2, 0.25) is 0 Å². The van der Waals surface area contributed by atoms with E-state index in [2.05, 4.69) is 112 Å². The summed E-state index contributed by atoms with van der Waals surface area (Å²) in [5.74, 6) is 7.77. The van der Waals surface area contributed by atoms with E-state index in [-0.39, 0.29) is 0 Å². The van der Waals surface area contributed by atoms with Crippen molar-refractivity contribution in [3.05, 3.63) is 0 Å². The maximum atomic E-state index is 2.35. The van der Waals surface area contributed by atoms with E-state index < -0.39 is 0 Å². The van der Waals surface area contributed by atoms with Crippen LogP contribution in [-0.4, -0.2) is 34.5 Å². The Bertz CT molecular complexity index is 1060. The van der Waals surface area contributed by atoms with Gasteiger partial charge in [0, 0.05) is 29.4 Å². The van der Waals surface area contributed by atoms with Crippen LogP contribution in [0.5, 0.6) is 0 Å². The van der Waals surface area contributed by atoms with Crippen molar-refractivity contribution in [2.75, 3.05) is 34.5 Å². The van der Waals surface area contributed by atoms with Gasteiger partial charge in [-0.15, -0.1) is 70.6 Å². The molecule has 0 fully saturated rings. The van der Waals surface area contributed by atoms with E-state index in [1.807, 2.05) is 0 Å².